The summed E-state index contributed by atoms with van der Waals surface area (Å²) < 4.78 is 5.37. The van der Waals surface area contributed by atoms with Gasteiger partial charge in [0.1, 0.15) is 16.4 Å². The van der Waals surface area contributed by atoms with Crippen molar-refractivity contribution < 1.29 is 9.21 Å². The van der Waals surface area contributed by atoms with Gasteiger partial charge in [0.25, 0.3) is 5.91 Å². The second-order valence-corrected chi connectivity index (χ2v) is 7.62. The number of aryl methyl sites for hydroxylation is 2. The highest BCUT2D eigenvalue weighted by molar-refractivity contribution is 7.20. The van der Waals surface area contributed by atoms with Crippen molar-refractivity contribution in [3.8, 4) is 12.3 Å². The van der Waals surface area contributed by atoms with Gasteiger partial charge in [0.05, 0.1) is 29.9 Å². The Morgan fingerprint density at radius 1 is 1.42 bits per heavy atom. The van der Waals surface area contributed by atoms with E-state index in [1.54, 1.807) is 17.2 Å². The molecule has 0 bridgehead atoms. The predicted octanol–water partition coefficient (Wildman–Crippen LogP) is 4.05. The lowest BCUT2D eigenvalue weighted by atomic mass is 10.1. The molecule has 3 heterocycles. The Labute approximate surface area is 156 Å². The molecule has 132 valence electrons. The SMILES string of the molecule is C#CCN(Cc1ccco1)C(=O)c1sc2nc(C3CC3)nc(C)c2c1C. The Bertz CT molecular complexity index is 1010. The molecule has 1 aliphatic carbocycles. The molecule has 3 aromatic heterocycles. The van der Waals surface area contributed by atoms with E-state index in [9.17, 15) is 4.79 Å². The summed E-state index contributed by atoms with van der Waals surface area (Å²) in [6.45, 7) is 4.53. The summed E-state index contributed by atoms with van der Waals surface area (Å²) in [7, 11) is 0. The minimum atomic E-state index is -0.0905. The lowest BCUT2D eigenvalue weighted by Crippen LogP contribution is -2.30. The van der Waals surface area contributed by atoms with Crippen molar-refractivity contribution in [1.82, 2.24) is 14.9 Å². The number of thiophene rings is 1. The Kier molecular flexibility index (Phi) is 4.25. The van der Waals surface area contributed by atoms with Crippen molar-refractivity contribution in [1.29, 1.82) is 0 Å². The van der Waals surface area contributed by atoms with E-state index in [1.165, 1.54) is 11.3 Å². The zero-order valence-electron chi connectivity index (χ0n) is 14.8. The van der Waals surface area contributed by atoms with Crippen LogP contribution in [0, 0.1) is 26.2 Å². The molecule has 4 rings (SSSR count). The van der Waals surface area contributed by atoms with Crippen LogP contribution in [0.1, 0.15) is 51.3 Å². The van der Waals surface area contributed by atoms with Crippen molar-refractivity contribution in [3.05, 3.63) is 46.1 Å². The molecular weight excluding hydrogens is 346 g/mol. The van der Waals surface area contributed by atoms with Crippen molar-refractivity contribution in [3.63, 3.8) is 0 Å². The number of rotatable bonds is 5. The van der Waals surface area contributed by atoms with Gasteiger partial charge in [-0.15, -0.1) is 17.8 Å². The zero-order valence-corrected chi connectivity index (χ0v) is 15.6. The van der Waals surface area contributed by atoms with Crippen LogP contribution in [0.15, 0.2) is 22.8 Å². The molecular formula is C20H19N3O2S. The Morgan fingerprint density at radius 3 is 2.88 bits per heavy atom. The highest BCUT2D eigenvalue weighted by Gasteiger charge is 2.29. The van der Waals surface area contributed by atoms with Crippen molar-refractivity contribution >= 4 is 27.5 Å². The third-order valence-corrected chi connectivity index (χ3v) is 5.79. The summed E-state index contributed by atoms with van der Waals surface area (Å²) in [5.74, 6) is 4.58. The van der Waals surface area contributed by atoms with E-state index in [-0.39, 0.29) is 12.5 Å². The molecule has 0 aromatic carbocycles. The molecule has 0 aliphatic heterocycles. The second kappa shape index (κ2) is 6.58. The molecule has 0 radical (unpaired) electrons. The van der Waals surface area contributed by atoms with Gasteiger partial charge >= 0.3 is 0 Å². The highest BCUT2D eigenvalue weighted by atomic mass is 32.1. The number of furan rings is 1. The smallest absolute Gasteiger partial charge is 0.265 e. The van der Waals surface area contributed by atoms with Crippen LogP contribution in [-0.4, -0.2) is 27.3 Å². The Morgan fingerprint density at radius 2 is 2.23 bits per heavy atom. The standard InChI is InChI=1S/C20H19N3O2S/c1-4-9-23(11-15-6-5-10-25-15)20(24)17-12(2)16-13(3)21-18(14-7-8-14)22-19(16)26-17/h1,5-6,10,14H,7-9,11H2,2-3H3. The quantitative estimate of drug-likeness (QED) is 0.640. The van der Waals surface area contributed by atoms with E-state index in [0.717, 1.165) is 40.1 Å². The molecule has 0 unspecified atom stereocenters. The number of carbonyl (C=O) groups is 1. The topological polar surface area (TPSA) is 59.2 Å². The monoisotopic (exact) mass is 365 g/mol. The Hall–Kier alpha value is -2.65. The first-order valence-electron chi connectivity index (χ1n) is 8.61. The average Bonchev–Trinajstić information content (AvgIpc) is 3.25. The molecule has 0 spiro atoms. The van der Waals surface area contributed by atoms with Gasteiger partial charge < -0.3 is 9.32 Å². The van der Waals surface area contributed by atoms with Crippen LogP contribution < -0.4 is 0 Å². The molecule has 5 nitrogen and oxygen atoms in total. The lowest BCUT2D eigenvalue weighted by Gasteiger charge is -2.18. The van der Waals surface area contributed by atoms with Gasteiger partial charge in [0.15, 0.2) is 0 Å². The number of carbonyl (C=O) groups excluding carboxylic acids is 1. The summed E-state index contributed by atoms with van der Waals surface area (Å²) >= 11 is 1.43. The maximum Gasteiger partial charge on any atom is 0.265 e. The second-order valence-electron chi connectivity index (χ2n) is 6.62. The van der Waals surface area contributed by atoms with E-state index in [0.29, 0.717) is 23.1 Å². The molecule has 26 heavy (non-hydrogen) atoms. The summed E-state index contributed by atoms with van der Waals surface area (Å²) in [6, 6.07) is 3.64. The summed E-state index contributed by atoms with van der Waals surface area (Å²) in [4.78, 5) is 25.7. The normalized spacial score (nSPS) is 13.7. The molecule has 3 aromatic rings. The molecule has 1 fully saturated rings. The van der Waals surface area contributed by atoms with Crippen LogP contribution in [0.2, 0.25) is 0 Å². The van der Waals surface area contributed by atoms with Gasteiger partial charge in [-0.2, -0.15) is 0 Å². The van der Waals surface area contributed by atoms with Crippen LogP contribution in [0.25, 0.3) is 10.2 Å². The predicted molar refractivity (Wildman–Crippen MR) is 101 cm³/mol. The minimum absolute atomic E-state index is 0.0905. The molecule has 0 atom stereocenters. The maximum absolute atomic E-state index is 13.1. The number of hydrogen-bond donors (Lipinski definition) is 0. The van der Waals surface area contributed by atoms with Gasteiger partial charge in [0, 0.05) is 11.3 Å². The number of nitrogens with zero attached hydrogens (tertiary/aromatic N) is 3. The molecule has 0 N–H and O–H groups in total. The third-order valence-electron chi connectivity index (χ3n) is 4.62. The van der Waals surface area contributed by atoms with E-state index in [4.69, 9.17) is 15.8 Å². The van der Waals surface area contributed by atoms with Crippen LogP contribution >= 0.6 is 11.3 Å². The first-order chi connectivity index (χ1) is 12.6. The number of aromatic nitrogens is 2. The first-order valence-corrected chi connectivity index (χ1v) is 9.43. The molecule has 0 saturated heterocycles. The summed E-state index contributed by atoms with van der Waals surface area (Å²) in [5.41, 5.74) is 1.87. The van der Waals surface area contributed by atoms with Crippen LogP contribution in [0.4, 0.5) is 0 Å². The average molecular weight is 365 g/mol. The molecule has 1 amide bonds. The van der Waals surface area contributed by atoms with E-state index >= 15 is 0 Å². The first kappa shape index (κ1) is 16.8. The van der Waals surface area contributed by atoms with Crippen molar-refractivity contribution in [2.24, 2.45) is 0 Å². The van der Waals surface area contributed by atoms with Crippen molar-refractivity contribution in [2.45, 2.75) is 39.2 Å². The number of hydrogen-bond acceptors (Lipinski definition) is 5. The molecule has 1 aliphatic rings. The van der Waals surface area contributed by atoms with Crippen molar-refractivity contribution in [2.75, 3.05) is 6.54 Å². The number of terminal acetylenes is 1. The zero-order chi connectivity index (χ0) is 18.3. The van der Waals surface area contributed by atoms with Gasteiger partial charge in [-0.25, -0.2) is 9.97 Å². The van der Waals surface area contributed by atoms with Gasteiger partial charge in [-0.3, -0.25) is 4.79 Å². The van der Waals surface area contributed by atoms with E-state index in [1.807, 2.05) is 19.9 Å². The summed E-state index contributed by atoms with van der Waals surface area (Å²) in [6.07, 6.45) is 9.38. The maximum atomic E-state index is 13.1. The van der Waals surface area contributed by atoms with E-state index < -0.39 is 0 Å². The molecule has 6 heteroatoms. The number of amides is 1. The third kappa shape index (κ3) is 2.99. The largest absolute Gasteiger partial charge is 0.467 e. The van der Waals surface area contributed by atoms with E-state index in [2.05, 4.69) is 10.9 Å². The fourth-order valence-electron chi connectivity index (χ4n) is 3.13. The summed E-state index contributed by atoms with van der Waals surface area (Å²) in [5, 5.41) is 0.987. The van der Waals surface area contributed by atoms with Gasteiger partial charge in [-0.1, -0.05) is 5.92 Å². The lowest BCUT2D eigenvalue weighted by molar-refractivity contribution is 0.0759. The van der Waals surface area contributed by atoms with Crippen LogP contribution in [0.3, 0.4) is 0 Å². The fraction of sp³-hybridized carbons (Fsp3) is 0.350. The minimum Gasteiger partial charge on any atom is -0.467 e. The van der Waals surface area contributed by atoms with Gasteiger partial charge in [-0.05, 0) is 44.4 Å². The van der Waals surface area contributed by atoms with Crippen LogP contribution in [0.5, 0.6) is 0 Å². The Balaban J connectivity index is 1.72. The number of fused-ring (bicyclic) bond motifs is 1. The van der Waals surface area contributed by atoms with Crippen LogP contribution in [-0.2, 0) is 6.54 Å². The molecule has 1 saturated carbocycles. The highest BCUT2D eigenvalue weighted by Crippen LogP contribution is 2.40. The fourth-order valence-corrected chi connectivity index (χ4v) is 4.34. The van der Waals surface area contributed by atoms with Gasteiger partial charge in [0.2, 0.25) is 0 Å².